The van der Waals surface area contributed by atoms with Crippen LogP contribution in [0.4, 0.5) is 0 Å². The van der Waals surface area contributed by atoms with Crippen LogP contribution >= 0.6 is 23.2 Å². The van der Waals surface area contributed by atoms with E-state index in [9.17, 15) is 4.79 Å². The fourth-order valence-corrected chi connectivity index (χ4v) is 2.05. The number of pyridine rings is 1. The Kier molecular flexibility index (Phi) is 2.99. The molecule has 0 spiro atoms. The second-order valence-corrected chi connectivity index (χ2v) is 4.18. The number of amides is 1. The number of fused-ring (bicyclic) bond motifs is 1. The lowest BCUT2D eigenvalue weighted by atomic mass is 10.0. The molecule has 0 fully saturated rings. The lowest BCUT2D eigenvalue weighted by Crippen LogP contribution is -2.13. The minimum atomic E-state index is -0.413. The molecule has 3 nitrogen and oxygen atoms in total. The van der Waals surface area contributed by atoms with Gasteiger partial charge in [-0.15, -0.1) is 0 Å². The van der Waals surface area contributed by atoms with Crippen molar-refractivity contribution < 1.29 is 4.79 Å². The number of nitrogens with two attached hydrogens (primary N) is 1. The van der Waals surface area contributed by atoms with Gasteiger partial charge in [0.2, 0.25) is 5.91 Å². The maximum atomic E-state index is 10.9. The van der Waals surface area contributed by atoms with Gasteiger partial charge in [-0.3, -0.25) is 9.78 Å². The number of carbonyl (C=O) groups is 1. The van der Waals surface area contributed by atoms with Crippen molar-refractivity contribution in [3.8, 4) is 0 Å². The summed E-state index contributed by atoms with van der Waals surface area (Å²) >= 11 is 12.0. The van der Waals surface area contributed by atoms with E-state index in [4.69, 9.17) is 28.9 Å². The summed E-state index contributed by atoms with van der Waals surface area (Å²) in [4.78, 5) is 14.9. The predicted octanol–water partition coefficient (Wildman–Crippen LogP) is 2.57. The number of rotatable bonds is 2. The Bertz CT molecular complexity index is 569. The summed E-state index contributed by atoms with van der Waals surface area (Å²) in [7, 11) is 0. The van der Waals surface area contributed by atoms with E-state index in [-0.39, 0.29) is 6.42 Å². The highest BCUT2D eigenvalue weighted by molar-refractivity contribution is 6.45. The Morgan fingerprint density at radius 2 is 2.12 bits per heavy atom. The molecule has 0 saturated carbocycles. The number of aromatic nitrogens is 1. The van der Waals surface area contributed by atoms with Gasteiger partial charge in [0.25, 0.3) is 0 Å². The Labute approximate surface area is 102 Å². The fourth-order valence-electron chi connectivity index (χ4n) is 1.60. The van der Waals surface area contributed by atoms with Crippen LogP contribution in [0.1, 0.15) is 5.56 Å². The quantitative estimate of drug-likeness (QED) is 0.896. The molecule has 1 amide bonds. The molecule has 1 aromatic carbocycles. The minimum Gasteiger partial charge on any atom is -0.369 e. The van der Waals surface area contributed by atoms with Gasteiger partial charge in [0.15, 0.2) is 0 Å². The van der Waals surface area contributed by atoms with Gasteiger partial charge in [-0.1, -0.05) is 23.2 Å². The minimum absolute atomic E-state index is 0.124. The average Bonchev–Trinajstić information content (AvgIpc) is 2.25. The number of carbonyl (C=O) groups excluding carboxylic acids is 1. The second kappa shape index (κ2) is 4.28. The van der Waals surface area contributed by atoms with Crippen LogP contribution in [-0.4, -0.2) is 10.9 Å². The molecule has 5 heteroatoms. The van der Waals surface area contributed by atoms with Crippen molar-refractivity contribution in [1.29, 1.82) is 0 Å². The van der Waals surface area contributed by atoms with Crippen LogP contribution in [0, 0.1) is 0 Å². The highest BCUT2D eigenvalue weighted by atomic mass is 35.5. The van der Waals surface area contributed by atoms with E-state index in [1.165, 1.54) is 0 Å². The molecular formula is C11H8Cl2N2O. The highest BCUT2D eigenvalue weighted by Crippen LogP contribution is 2.33. The normalized spacial score (nSPS) is 10.6. The third-order valence-corrected chi connectivity index (χ3v) is 3.08. The van der Waals surface area contributed by atoms with Gasteiger partial charge in [-0.25, -0.2) is 0 Å². The molecule has 0 atom stereocenters. The third kappa shape index (κ3) is 1.96. The van der Waals surface area contributed by atoms with E-state index in [1.54, 1.807) is 24.5 Å². The van der Waals surface area contributed by atoms with Crippen LogP contribution in [0.3, 0.4) is 0 Å². The Balaban J connectivity index is 2.74. The summed E-state index contributed by atoms with van der Waals surface area (Å²) in [5.74, 6) is -0.413. The van der Waals surface area contributed by atoms with Gasteiger partial charge in [0.05, 0.1) is 16.5 Å². The van der Waals surface area contributed by atoms with Gasteiger partial charge >= 0.3 is 0 Å². The van der Waals surface area contributed by atoms with E-state index in [1.807, 2.05) is 0 Å². The smallest absolute Gasteiger partial charge is 0.221 e. The van der Waals surface area contributed by atoms with Crippen molar-refractivity contribution in [1.82, 2.24) is 4.98 Å². The van der Waals surface area contributed by atoms with Crippen LogP contribution in [0.25, 0.3) is 10.8 Å². The number of halogens is 2. The van der Waals surface area contributed by atoms with Gasteiger partial charge in [-0.2, -0.15) is 0 Å². The summed E-state index contributed by atoms with van der Waals surface area (Å²) in [6.07, 6.45) is 3.40. The standard InChI is InChI=1S/C11H8Cl2N2O/c12-9-3-6(4-10(14)16)8-5-15-2-1-7(8)11(9)13/h1-3,5H,4H2,(H2,14,16). The molecule has 0 bridgehead atoms. The Hall–Kier alpha value is -1.32. The molecule has 1 heterocycles. The zero-order chi connectivity index (χ0) is 11.7. The molecule has 2 N–H and O–H groups in total. The molecule has 0 aliphatic heterocycles. The van der Waals surface area contributed by atoms with Crippen molar-refractivity contribution in [2.45, 2.75) is 6.42 Å². The molecule has 0 saturated heterocycles. The first-order valence-corrected chi connectivity index (χ1v) is 5.34. The number of nitrogens with zero attached hydrogens (tertiary/aromatic N) is 1. The van der Waals surface area contributed by atoms with Crippen LogP contribution in [0.5, 0.6) is 0 Å². The van der Waals surface area contributed by atoms with E-state index in [2.05, 4.69) is 4.98 Å². The summed E-state index contributed by atoms with van der Waals surface area (Å²) in [6, 6.07) is 3.41. The van der Waals surface area contributed by atoms with E-state index >= 15 is 0 Å². The molecule has 82 valence electrons. The van der Waals surface area contributed by atoms with Crippen molar-refractivity contribution in [3.63, 3.8) is 0 Å². The lowest BCUT2D eigenvalue weighted by molar-refractivity contribution is -0.117. The summed E-state index contributed by atoms with van der Waals surface area (Å²) in [5.41, 5.74) is 5.91. The van der Waals surface area contributed by atoms with Crippen LogP contribution in [-0.2, 0) is 11.2 Å². The van der Waals surface area contributed by atoms with E-state index < -0.39 is 5.91 Å². The second-order valence-electron chi connectivity index (χ2n) is 3.40. The molecule has 1 aromatic heterocycles. The first-order chi connectivity index (χ1) is 7.59. The number of hydrogen-bond acceptors (Lipinski definition) is 2. The monoisotopic (exact) mass is 254 g/mol. The SMILES string of the molecule is NC(=O)Cc1cc(Cl)c(Cl)c2ccncc12. The zero-order valence-electron chi connectivity index (χ0n) is 8.21. The van der Waals surface area contributed by atoms with Crippen molar-refractivity contribution in [2.75, 3.05) is 0 Å². The average molecular weight is 255 g/mol. The van der Waals surface area contributed by atoms with E-state index in [0.29, 0.717) is 10.0 Å². The summed E-state index contributed by atoms with van der Waals surface area (Å²) in [5, 5.41) is 2.46. The number of hydrogen-bond donors (Lipinski definition) is 1. The molecular weight excluding hydrogens is 247 g/mol. The van der Waals surface area contributed by atoms with Gasteiger partial charge < -0.3 is 5.73 Å². The molecule has 0 aliphatic carbocycles. The fraction of sp³-hybridized carbons (Fsp3) is 0.0909. The predicted molar refractivity (Wildman–Crippen MR) is 64.7 cm³/mol. The number of benzene rings is 1. The van der Waals surface area contributed by atoms with Gasteiger partial charge in [-0.05, 0) is 17.7 Å². The van der Waals surface area contributed by atoms with E-state index in [0.717, 1.165) is 16.3 Å². The molecule has 16 heavy (non-hydrogen) atoms. The summed E-state index contributed by atoms with van der Waals surface area (Å²) < 4.78 is 0. The zero-order valence-corrected chi connectivity index (χ0v) is 9.72. The number of primary amides is 1. The van der Waals surface area contributed by atoms with Crippen molar-refractivity contribution >= 4 is 39.9 Å². The topological polar surface area (TPSA) is 56.0 Å². The first-order valence-electron chi connectivity index (χ1n) is 4.58. The van der Waals surface area contributed by atoms with Crippen LogP contribution in [0.15, 0.2) is 24.5 Å². The highest BCUT2D eigenvalue weighted by Gasteiger charge is 2.10. The Morgan fingerprint density at radius 3 is 2.81 bits per heavy atom. The molecule has 2 aromatic rings. The molecule has 0 unspecified atom stereocenters. The third-order valence-electron chi connectivity index (χ3n) is 2.28. The van der Waals surface area contributed by atoms with Crippen LogP contribution in [0.2, 0.25) is 10.0 Å². The van der Waals surface area contributed by atoms with Gasteiger partial charge in [0.1, 0.15) is 0 Å². The van der Waals surface area contributed by atoms with Crippen molar-refractivity contribution in [3.05, 3.63) is 40.1 Å². The maximum Gasteiger partial charge on any atom is 0.221 e. The first kappa shape index (κ1) is 11.2. The molecule has 2 rings (SSSR count). The lowest BCUT2D eigenvalue weighted by Gasteiger charge is -2.07. The van der Waals surface area contributed by atoms with Crippen molar-refractivity contribution in [2.24, 2.45) is 5.73 Å². The molecule has 0 aliphatic rings. The van der Waals surface area contributed by atoms with Crippen LogP contribution < -0.4 is 5.73 Å². The van der Waals surface area contributed by atoms with Gasteiger partial charge in [0, 0.05) is 23.2 Å². The summed E-state index contributed by atoms with van der Waals surface area (Å²) in [6.45, 7) is 0. The molecule has 0 radical (unpaired) electrons. The Morgan fingerprint density at radius 1 is 1.38 bits per heavy atom. The maximum absolute atomic E-state index is 10.9. The largest absolute Gasteiger partial charge is 0.369 e.